The second-order valence-electron chi connectivity index (χ2n) is 10.5. The van der Waals surface area contributed by atoms with Gasteiger partial charge in [0.2, 0.25) is 0 Å². The van der Waals surface area contributed by atoms with Crippen molar-refractivity contribution in [2.45, 2.75) is 54.8 Å². The first-order valence-corrected chi connectivity index (χ1v) is 19.0. The Labute approximate surface area is 271 Å². The molecule has 0 unspecified atom stereocenters. The van der Waals surface area contributed by atoms with Crippen molar-refractivity contribution >= 4 is 69.7 Å². The SMILES string of the molecule is Cc1sc2c3c1COCCOCCOCCOCc1c(C)sc(c1-3)C1(Sc3ccccc3S1)C21Sc2ccccc2S1. The third kappa shape index (κ3) is 4.43. The van der Waals surface area contributed by atoms with Crippen molar-refractivity contribution in [3.8, 4) is 11.1 Å². The Bertz CT molecular complexity index is 1490. The molecule has 0 saturated heterocycles. The standard InChI is InChI=1S/C32H30O4S6/c1-19-21-17-35-15-13-33-11-12-34-14-16-36-18-22-20(2)38-30-28(22)27(21)29(37-19)31(39-23-7-3-4-8-24(23)40-31)32(30)41-25-9-5-6-10-26(25)42-32/h3-10H,11-18H2,1-2H3. The van der Waals surface area contributed by atoms with Crippen LogP contribution in [-0.2, 0) is 40.3 Å². The molecule has 0 fully saturated rings. The molecule has 2 spiro atoms. The van der Waals surface area contributed by atoms with Gasteiger partial charge < -0.3 is 18.9 Å². The molecule has 0 atom stereocenters. The van der Waals surface area contributed by atoms with Crippen molar-refractivity contribution in [1.82, 2.24) is 0 Å². The van der Waals surface area contributed by atoms with Gasteiger partial charge in [-0.1, -0.05) is 71.3 Å². The minimum Gasteiger partial charge on any atom is -0.377 e. The Morgan fingerprint density at radius 3 is 1.19 bits per heavy atom. The van der Waals surface area contributed by atoms with Crippen LogP contribution in [0.5, 0.6) is 0 Å². The van der Waals surface area contributed by atoms with Crippen LogP contribution in [0, 0.1) is 13.8 Å². The summed E-state index contributed by atoms with van der Waals surface area (Å²) in [5.74, 6) is 0. The number of benzene rings is 2. The zero-order valence-electron chi connectivity index (χ0n) is 23.4. The number of rotatable bonds is 0. The lowest BCUT2D eigenvalue weighted by atomic mass is 9.88. The summed E-state index contributed by atoms with van der Waals surface area (Å²) in [7, 11) is 0. The first-order chi connectivity index (χ1) is 20.6. The van der Waals surface area contributed by atoms with Gasteiger partial charge in [0.1, 0.15) is 8.16 Å². The molecule has 218 valence electrons. The highest BCUT2D eigenvalue weighted by Crippen LogP contribution is 2.83. The van der Waals surface area contributed by atoms with Crippen LogP contribution < -0.4 is 0 Å². The lowest BCUT2D eigenvalue weighted by molar-refractivity contribution is -0.00638. The first kappa shape index (κ1) is 28.5. The monoisotopic (exact) mass is 670 g/mol. The summed E-state index contributed by atoms with van der Waals surface area (Å²) in [5.41, 5.74) is 5.41. The van der Waals surface area contributed by atoms with Crippen LogP contribution in [0.25, 0.3) is 11.1 Å². The fourth-order valence-electron chi connectivity index (χ4n) is 6.06. The average Bonchev–Trinajstić information content (AvgIpc) is 3.74. The summed E-state index contributed by atoms with van der Waals surface area (Å²) in [6.45, 7) is 9.15. The van der Waals surface area contributed by atoms with E-state index in [1.54, 1.807) is 0 Å². The quantitative estimate of drug-likeness (QED) is 0.183. The Morgan fingerprint density at radius 1 is 0.500 bits per heavy atom. The van der Waals surface area contributed by atoms with E-state index in [1.807, 2.05) is 22.7 Å². The van der Waals surface area contributed by atoms with E-state index < -0.39 is 0 Å². The molecule has 0 amide bonds. The Morgan fingerprint density at radius 2 is 0.833 bits per heavy atom. The minimum absolute atomic E-state index is 0.228. The Kier molecular flexibility index (Phi) is 7.79. The van der Waals surface area contributed by atoms with E-state index in [0.29, 0.717) is 52.9 Å². The lowest BCUT2D eigenvalue weighted by Gasteiger charge is -2.46. The molecule has 5 heterocycles. The highest BCUT2D eigenvalue weighted by atomic mass is 32.2. The highest BCUT2D eigenvalue weighted by Gasteiger charge is 2.67. The van der Waals surface area contributed by atoms with Crippen LogP contribution >= 0.6 is 69.7 Å². The molecule has 4 aromatic rings. The molecule has 4 nitrogen and oxygen atoms in total. The molecule has 2 aromatic carbocycles. The molecule has 0 bridgehead atoms. The van der Waals surface area contributed by atoms with Gasteiger partial charge in [0.05, 0.1) is 52.9 Å². The van der Waals surface area contributed by atoms with E-state index in [9.17, 15) is 0 Å². The molecular formula is C32H30O4S6. The van der Waals surface area contributed by atoms with Gasteiger partial charge in [0, 0.05) is 50.2 Å². The molecule has 1 aliphatic carbocycles. The maximum atomic E-state index is 6.31. The van der Waals surface area contributed by atoms with Crippen molar-refractivity contribution in [2.24, 2.45) is 0 Å². The van der Waals surface area contributed by atoms with Gasteiger partial charge in [-0.25, -0.2) is 0 Å². The Balaban J connectivity index is 1.36. The van der Waals surface area contributed by atoms with Gasteiger partial charge >= 0.3 is 0 Å². The fraction of sp³-hybridized carbons (Fsp3) is 0.375. The third-order valence-corrected chi connectivity index (χ3v) is 18.3. The molecule has 8 rings (SSSR count). The summed E-state index contributed by atoms with van der Waals surface area (Å²) in [5, 5.41) is 0. The van der Waals surface area contributed by atoms with Gasteiger partial charge in [0.25, 0.3) is 0 Å². The number of hydrogen-bond acceptors (Lipinski definition) is 10. The van der Waals surface area contributed by atoms with Crippen molar-refractivity contribution in [2.75, 3.05) is 39.6 Å². The molecule has 2 aromatic heterocycles. The van der Waals surface area contributed by atoms with Crippen LogP contribution in [0.4, 0.5) is 0 Å². The molecule has 0 N–H and O–H groups in total. The van der Waals surface area contributed by atoms with Crippen molar-refractivity contribution in [1.29, 1.82) is 0 Å². The van der Waals surface area contributed by atoms with Crippen molar-refractivity contribution in [3.63, 3.8) is 0 Å². The zero-order valence-corrected chi connectivity index (χ0v) is 28.3. The van der Waals surface area contributed by atoms with Crippen molar-refractivity contribution < 1.29 is 18.9 Å². The molecular weight excluding hydrogens is 641 g/mol. The van der Waals surface area contributed by atoms with Gasteiger partial charge in [0.15, 0.2) is 0 Å². The zero-order chi connectivity index (χ0) is 28.3. The summed E-state index contributed by atoms with van der Waals surface area (Å²) >= 11 is 12.2. The van der Waals surface area contributed by atoms with Crippen LogP contribution in [0.15, 0.2) is 68.1 Å². The van der Waals surface area contributed by atoms with E-state index in [-0.39, 0.29) is 8.16 Å². The molecule has 0 saturated carbocycles. The molecule has 3 aliphatic heterocycles. The number of aryl methyl sites for hydroxylation is 2. The highest BCUT2D eigenvalue weighted by molar-refractivity contribution is 8.26. The predicted octanol–water partition coefficient (Wildman–Crippen LogP) is 9.29. The van der Waals surface area contributed by atoms with E-state index in [2.05, 4.69) is 109 Å². The fourth-order valence-corrected chi connectivity index (χ4v) is 16.9. The summed E-state index contributed by atoms with van der Waals surface area (Å²) in [6.07, 6.45) is 0. The van der Waals surface area contributed by atoms with Gasteiger partial charge in [-0.2, -0.15) is 0 Å². The third-order valence-electron chi connectivity index (χ3n) is 8.02. The summed E-state index contributed by atoms with van der Waals surface area (Å²) in [4.78, 5) is 11.1. The smallest absolute Gasteiger partial charge is 0.134 e. The van der Waals surface area contributed by atoms with Gasteiger partial charge in [-0.3, -0.25) is 0 Å². The number of hydrogen-bond donors (Lipinski definition) is 0. The largest absolute Gasteiger partial charge is 0.377 e. The lowest BCUT2D eigenvalue weighted by Crippen LogP contribution is -2.39. The number of thiophene rings is 2. The van der Waals surface area contributed by atoms with Gasteiger partial charge in [-0.05, 0) is 49.2 Å². The van der Waals surface area contributed by atoms with E-state index in [0.717, 1.165) is 0 Å². The molecule has 10 heteroatoms. The van der Waals surface area contributed by atoms with E-state index >= 15 is 0 Å². The normalized spacial score (nSPS) is 20.9. The Hall–Kier alpha value is -0.920. The van der Waals surface area contributed by atoms with Crippen molar-refractivity contribution in [3.05, 3.63) is 79.2 Å². The average molecular weight is 671 g/mol. The van der Waals surface area contributed by atoms with Crippen LogP contribution in [0.1, 0.15) is 30.6 Å². The predicted molar refractivity (Wildman–Crippen MR) is 178 cm³/mol. The van der Waals surface area contributed by atoms with Crippen LogP contribution in [0.3, 0.4) is 0 Å². The van der Waals surface area contributed by atoms with Crippen LogP contribution in [-0.4, -0.2) is 39.6 Å². The van der Waals surface area contributed by atoms with E-state index in [1.165, 1.54) is 61.3 Å². The second-order valence-corrected chi connectivity index (χ2v) is 18.5. The number of thioether (sulfide) groups is 4. The minimum atomic E-state index is -0.228. The van der Waals surface area contributed by atoms with E-state index in [4.69, 9.17) is 18.9 Å². The second kappa shape index (κ2) is 11.5. The molecule has 4 aliphatic rings. The topological polar surface area (TPSA) is 36.9 Å². The molecule has 42 heavy (non-hydrogen) atoms. The molecule has 0 radical (unpaired) electrons. The maximum absolute atomic E-state index is 6.31. The van der Waals surface area contributed by atoms with Crippen LogP contribution in [0.2, 0.25) is 0 Å². The summed E-state index contributed by atoms with van der Waals surface area (Å²) < 4.78 is 23.7. The number of ether oxygens (including phenoxy) is 4. The summed E-state index contributed by atoms with van der Waals surface area (Å²) in [6, 6.07) is 17.9. The van der Waals surface area contributed by atoms with Gasteiger partial charge in [-0.15, -0.1) is 22.7 Å². The maximum Gasteiger partial charge on any atom is 0.134 e. The first-order valence-electron chi connectivity index (χ1n) is 14.1. The number of fused-ring (bicyclic) bond motifs is 5.